The lowest BCUT2D eigenvalue weighted by Crippen LogP contribution is -2.35. The van der Waals surface area contributed by atoms with Gasteiger partial charge in [0.05, 0.1) is 6.54 Å². The molecule has 0 bridgehead atoms. The fourth-order valence-corrected chi connectivity index (χ4v) is 2.64. The molecule has 0 radical (unpaired) electrons. The van der Waals surface area contributed by atoms with Crippen LogP contribution >= 0.6 is 0 Å². The highest BCUT2D eigenvalue weighted by Crippen LogP contribution is 2.33. The number of Topliss-reactive ketones (excluding diaryl/α,β-unsaturated/α-hetero) is 1. The van der Waals surface area contributed by atoms with Crippen LogP contribution in [0.2, 0.25) is 0 Å². The number of hydrogen-bond acceptors (Lipinski definition) is 3. The summed E-state index contributed by atoms with van der Waals surface area (Å²) in [5, 5.41) is 0. The Kier molecular flexibility index (Phi) is 4.00. The maximum Gasteiger partial charge on any atom is 0.227 e. The summed E-state index contributed by atoms with van der Waals surface area (Å²) in [4.78, 5) is 25.6. The van der Waals surface area contributed by atoms with Gasteiger partial charge in [-0.3, -0.25) is 9.59 Å². The first-order chi connectivity index (χ1) is 9.08. The average Bonchev–Trinajstić information content (AvgIpc) is 2.72. The van der Waals surface area contributed by atoms with Gasteiger partial charge in [0, 0.05) is 23.7 Å². The van der Waals surface area contributed by atoms with Crippen molar-refractivity contribution in [3.8, 4) is 0 Å². The second-order valence-electron chi connectivity index (χ2n) is 5.04. The summed E-state index contributed by atoms with van der Waals surface area (Å²) in [6.07, 6.45) is 2.21. The van der Waals surface area contributed by atoms with Crippen LogP contribution in [-0.2, 0) is 11.2 Å². The standard InChI is InChI=1S/C15H20N2O2/c1-3-4-15(19)17-10(2)7-12-8-11(14(18)9-16)5-6-13(12)17/h5-6,8,10H,3-4,7,9,16H2,1-2H3. The van der Waals surface area contributed by atoms with Gasteiger partial charge in [-0.25, -0.2) is 0 Å². The molecule has 102 valence electrons. The zero-order valence-corrected chi connectivity index (χ0v) is 11.5. The SMILES string of the molecule is CCCC(=O)N1c2ccc(C(=O)CN)cc2CC1C. The highest BCUT2D eigenvalue weighted by Gasteiger charge is 2.30. The maximum atomic E-state index is 12.1. The fourth-order valence-electron chi connectivity index (χ4n) is 2.64. The number of fused-ring (bicyclic) bond motifs is 1. The molecule has 1 aliphatic heterocycles. The summed E-state index contributed by atoms with van der Waals surface area (Å²) >= 11 is 0. The van der Waals surface area contributed by atoms with Crippen LogP contribution < -0.4 is 10.6 Å². The van der Waals surface area contributed by atoms with Crippen molar-refractivity contribution in [1.82, 2.24) is 0 Å². The van der Waals surface area contributed by atoms with E-state index < -0.39 is 0 Å². The van der Waals surface area contributed by atoms with E-state index in [1.54, 1.807) is 6.07 Å². The van der Waals surface area contributed by atoms with Crippen molar-refractivity contribution in [3.63, 3.8) is 0 Å². The van der Waals surface area contributed by atoms with E-state index in [0.29, 0.717) is 12.0 Å². The smallest absolute Gasteiger partial charge is 0.227 e. The highest BCUT2D eigenvalue weighted by atomic mass is 16.2. The molecular formula is C15H20N2O2. The summed E-state index contributed by atoms with van der Waals surface area (Å²) in [5.74, 6) is 0.0976. The van der Waals surface area contributed by atoms with Gasteiger partial charge in [-0.15, -0.1) is 0 Å². The molecule has 1 aliphatic rings. The number of carbonyl (C=O) groups excluding carboxylic acids is 2. The Balaban J connectivity index is 2.32. The lowest BCUT2D eigenvalue weighted by Gasteiger charge is -2.22. The first-order valence-electron chi connectivity index (χ1n) is 6.76. The molecule has 0 saturated heterocycles. The Morgan fingerprint density at radius 3 is 2.79 bits per heavy atom. The molecule has 0 saturated carbocycles. The molecule has 1 unspecified atom stereocenters. The second kappa shape index (κ2) is 5.53. The second-order valence-corrected chi connectivity index (χ2v) is 5.04. The van der Waals surface area contributed by atoms with Crippen LogP contribution in [0.25, 0.3) is 0 Å². The molecule has 0 spiro atoms. The van der Waals surface area contributed by atoms with Crippen LogP contribution in [0.5, 0.6) is 0 Å². The van der Waals surface area contributed by atoms with Crippen LogP contribution in [0.4, 0.5) is 5.69 Å². The van der Waals surface area contributed by atoms with E-state index in [0.717, 1.165) is 24.1 Å². The molecule has 0 aromatic heterocycles. The van der Waals surface area contributed by atoms with Crippen LogP contribution in [0, 0.1) is 0 Å². The van der Waals surface area contributed by atoms with Crippen molar-refractivity contribution < 1.29 is 9.59 Å². The monoisotopic (exact) mass is 260 g/mol. The zero-order valence-electron chi connectivity index (χ0n) is 11.5. The van der Waals surface area contributed by atoms with Crippen molar-refractivity contribution in [2.75, 3.05) is 11.4 Å². The molecule has 0 fully saturated rings. The summed E-state index contributed by atoms with van der Waals surface area (Å²) in [6.45, 7) is 4.06. The lowest BCUT2D eigenvalue weighted by atomic mass is 10.0. The van der Waals surface area contributed by atoms with Gasteiger partial charge in [-0.05, 0) is 43.5 Å². The van der Waals surface area contributed by atoms with Crippen LogP contribution in [-0.4, -0.2) is 24.3 Å². The number of amides is 1. The van der Waals surface area contributed by atoms with E-state index in [9.17, 15) is 9.59 Å². The Labute approximate surface area is 113 Å². The zero-order chi connectivity index (χ0) is 14.0. The number of benzene rings is 1. The Morgan fingerprint density at radius 1 is 1.42 bits per heavy atom. The van der Waals surface area contributed by atoms with Gasteiger partial charge in [-0.2, -0.15) is 0 Å². The van der Waals surface area contributed by atoms with Gasteiger partial charge < -0.3 is 10.6 Å². The molecule has 1 atom stereocenters. The minimum absolute atomic E-state index is 0.0207. The molecular weight excluding hydrogens is 240 g/mol. The van der Waals surface area contributed by atoms with Crippen LogP contribution in [0.1, 0.15) is 42.6 Å². The van der Waals surface area contributed by atoms with Crippen molar-refractivity contribution >= 4 is 17.4 Å². The van der Waals surface area contributed by atoms with E-state index in [1.165, 1.54) is 0 Å². The lowest BCUT2D eigenvalue weighted by molar-refractivity contribution is -0.118. The quantitative estimate of drug-likeness (QED) is 0.841. The van der Waals surface area contributed by atoms with Gasteiger partial charge in [0.15, 0.2) is 5.78 Å². The first kappa shape index (κ1) is 13.7. The van der Waals surface area contributed by atoms with Gasteiger partial charge in [0.2, 0.25) is 5.91 Å². The molecule has 19 heavy (non-hydrogen) atoms. The number of nitrogens with zero attached hydrogens (tertiary/aromatic N) is 1. The van der Waals surface area contributed by atoms with E-state index in [2.05, 4.69) is 0 Å². The first-order valence-corrected chi connectivity index (χ1v) is 6.76. The van der Waals surface area contributed by atoms with Gasteiger partial charge >= 0.3 is 0 Å². The number of ketones is 1. The summed E-state index contributed by atoms with van der Waals surface area (Å²) in [7, 11) is 0. The number of anilines is 1. The van der Waals surface area contributed by atoms with E-state index in [-0.39, 0.29) is 24.3 Å². The highest BCUT2D eigenvalue weighted by molar-refractivity contribution is 6.00. The third-order valence-electron chi connectivity index (χ3n) is 3.54. The number of carbonyl (C=O) groups is 2. The van der Waals surface area contributed by atoms with E-state index in [4.69, 9.17) is 5.73 Å². The largest absolute Gasteiger partial charge is 0.324 e. The van der Waals surface area contributed by atoms with Crippen molar-refractivity contribution in [1.29, 1.82) is 0 Å². The molecule has 4 nitrogen and oxygen atoms in total. The predicted octanol–water partition coefficient (Wildman–Crippen LogP) is 1.91. The normalized spacial score (nSPS) is 17.4. The summed E-state index contributed by atoms with van der Waals surface area (Å²) in [6, 6.07) is 5.67. The third kappa shape index (κ3) is 2.54. The minimum Gasteiger partial charge on any atom is -0.324 e. The van der Waals surface area contributed by atoms with Crippen molar-refractivity contribution in [2.45, 2.75) is 39.2 Å². The molecule has 4 heteroatoms. The van der Waals surface area contributed by atoms with Gasteiger partial charge in [0.25, 0.3) is 0 Å². The number of rotatable bonds is 4. The molecule has 0 aliphatic carbocycles. The molecule has 1 amide bonds. The minimum atomic E-state index is -0.0613. The van der Waals surface area contributed by atoms with Crippen molar-refractivity contribution in [2.24, 2.45) is 5.73 Å². The predicted molar refractivity (Wildman–Crippen MR) is 75.4 cm³/mol. The molecule has 1 heterocycles. The Bertz CT molecular complexity index is 511. The Morgan fingerprint density at radius 2 is 2.16 bits per heavy atom. The summed E-state index contributed by atoms with van der Waals surface area (Å²) in [5.41, 5.74) is 8.02. The fraction of sp³-hybridized carbons (Fsp3) is 0.467. The molecule has 1 aromatic carbocycles. The maximum absolute atomic E-state index is 12.1. The topological polar surface area (TPSA) is 63.4 Å². The Hall–Kier alpha value is -1.68. The third-order valence-corrected chi connectivity index (χ3v) is 3.54. The van der Waals surface area contributed by atoms with E-state index in [1.807, 2.05) is 30.9 Å². The van der Waals surface area contributed by atoms with E-state index >= 15 is 0 Å². The number of hydrogen-bond donors (Lipinski definition) is 1. The molecule has 2 N–H and O–H groups in total. The molecule has 2 rings (SSSR count). The summed E-state index contributed by atoms with van der Waals surface area (Å²) < 4.78 is 0. The van der Waals surface area contributed by atoms with Crippen LogP contribution in [0.3, 0.4) is 0 Å². The van der Waals surface area contributed by atoms with Gasteiger partial charge in [-0.1, -0.05) is 6.92 Å². The van der Waals surface area contributed by atoms with Crippen LogP contribution in [0.15, 0.2) is 18.2 Å². The average molecular weight is 260 g/mol. The van der Waals surface area contributed by atoms with Gasteiger partial charge in [0.1, 0.15) is 0 Å². The molecule has 1 aromatic rings. The number of nitrogens with two attached hydrogens (primary N) is 1. The van der Waals surface area contributed by atoms with Crippen molar-refractivity contribution in [3.05, 3.63) is 29.3 Å².